The van der Waals surface area contributed by atoms with Crippen LogP contribution in [0.1, 0.15) is 0 Å². The van der Waals surface area contributed by atoms with E-state index >= 15 is 0 Å². The first-order valence-corrected chi connectivity index (χ1v) is 10.1. The first-order valence-electron chi connectivity index (χ1n) is 10.1. The van der Waals surface area contributed by atoms with Crippen LogP contribution in [0.15, 0.2) is 57.9 Å². The highest BCUT2D eigenvalue weighted by molar-refractivity contribution is 5.82. The van der Waals surface area contributed by atoms with Gasteiger partial charge in [0.25, 0.3) is 0 Å². The Kier molecular flexibility index (Phi) is 6.42. The van der Waals surface area contributed by atoms with Crippen LogP contribution in [-0.4, -0.2) is 67.4 Å². The Morgan fingerprint density at radius 3 is 2.47 bits per heavy atom. The Morgan fingerprint density at radius 2 is 1.73 bits per heavy atom. The smallest absolute Gasteiger partial charge is 0.200 e. The summed E-state index contributed by atoms with van der Waals surface area (Å²) >= 11 is 0. The third-order valence-electron chi connectivity index (χ3n) is 5.47. The van der Waals surface area contributed by atoms with Crippen molar-refractivity contribution >= 4 is 11.0 Å². The fourth-order valence-corrected chi connectivity index (χ4v) is 3.73. The molecule has 2 aromatic carbocycles. The topological polar surface area (TPSA) is 66.2 Å². The summed E-state index contributed by atoms with van der Waals surface area (Å²) in [5.74, 6) is 0.171. The van der Waals surface area contributed by atoms with Crippen LogP contribution in [0, 0.1) is 5.82 Å². The van der Waals surface area contributed by atoms with E-state index in [1.54, 1.807) is 36.4 Å². The van der Waals surface area contributed by atoms with Crippen molar-refractivity contribution in [2.24, 2.45) is 0 Å². The van der Waals surface area contributed by atoms with Gasteiger partial charge >= 0.3 is 0 Å². The van der Waals surface area contributed by atoms with E-state index in [1.165, 1.54) is 12.3 Å². The number of ether oxygens (including phenoxy) is 1. The van der Waals surface area contributed by atoms with Crippen LogP contribution in [-0.2, 0) is 0 Å². The van der Waals surface area contributed by atoms with Gasteiger partial charge in [-0.3, -0.25) is 14.6 Å². The van der Waals surface area contributed by atoms with Gasteiger partial charge in [0.05, 0.1) is 17.6 Å². The van der Waals surface area contributed by atoms with Crippen molar-refractivity contribution in [1.29, 1.82) is 0 Å². The van der Waals surface area contributed by atoms with Crippen molar-refractivity contribution in [3.05, 3.63) is 64.8 Å². The second kappa shape index (κ2) is 9.38. The second-order valence-corrected chi connectivity index (χ2v) is 7.37. The number of β-amino-alcohol motifs (C(OH)–C–C–N with tert-alkyl or cyclic N) is 1. The molecule has 4 rings (SSSR count). The zero-order valence-electron chi connectivity index (χ0n) is 16.7. The Balaban J connectivity index is 1.40. The third-order valence-corrected chi connectivity index (χ3v) is 5.47. The maximum absolute atomic E-state index is 14.1. The molecular weight excluding hydrogens is 387 g/mol. The predicted octanol–water partition coefficient (Wildman–Crippen LogP) is 2.59. The molecule has 1 saturated heterocycles. The van der Waals surface area contributed by atoms with Crippen molar-refractivity contribution in [2.45, 2.75) is 0 Å². The summed E-state index contributed by atoms with van der Waals surface area (Å²) < 4.78 is 25.5. The lowest BCUT2D eigenvalue weighted by atomic mass is 10.1. The molecule has 7 heteroatoms. The molecule has 1 aromatic heterocycles. The predicted molar refractivity (Wildman–Crippen MR) is 113 cm³/mol. The minimum Gasteiger partial charge on any atom is -0.492 e. The van der Waals surface area contributed by atoms with Crippen LogP contribution >= 0.6 is 0 Å². The van der Waals surface area contributed by atoms with Gasteiger partial charge in [0.15, 0.2) is 0 Å². The number of piperazine rings is 1. The lowest BCUT2D eigenvalue weighted by Crippen LogP contribution is -2.48. The van der Waals surface area contributed by atoms with Crippen LogP contribution in [0.2, 0.25) is 0 Å². The summed E-state index contributed by atoms with van der Waals surface area (Å²) in [7, 11) is 0. The Labute approximate surface area is 174 Å². The van der Waals surface area contributed by atoms with E-state index < -0.39 is 5.82 Å². The number of benzene rings is 2. The average molecular weight is 412 g/mol. The van der Waals surface area contributed by atoms with E-state index in [9.17, 15) is 9.18 Å². The van der Waals surface area contributed by atoms with Crippen LogP contribution in [0.25, 0.3) is 22.1 Å². The fourth-order valence-electron chi connectivity index (χ4n) is 3.73. The normalized spacial score (nSPS) is 15.5. The van der Waals surface area contributed by atoms with Crippen molar-refractivity contribution in [2.75, 3.05) is 52.5 Å². The average Bonchev–Trinajstić information content (AvgIpc) is 2.76. The van der Waals surface area contributed by atoms with Gasteiger partial charge in [0.1, 0.15) is 30.0 Å². The number of aliphatic hydroxyl groups excluding tert-OH is 1. The summed E-state index contributed by atoms with van der Waals surface area (Å²) in [6.07, 6.45) is 1.30. The number of rotatable bonds is 7. The summed E-state index contributed by atoms with van der Waals surface area (Å²) in [6, 6.07) is 11.3. The number of fused-ring (bicyclic) bond motifs is 1. The standard InChI is InChI=1S/C23H25FN2O4/c24-21-4-2-1-3-18(21)20-16-30-22-15-17(5-6-19(22)23(20)28)29-14-12-26-9-7-25(8-10-26)11-13-27/h1-6,15-16,27H,7-14H2. The van der Waals surface area contributed by atoms with Crippen molar-refractivity contribution < 1.29 is 18.7 Å². The minimum atomic E-state index is -0.457. The molecule has 0 radical (unpaired) electrons. The van der Waals surface area contributed by atoms with Gasteiger partial charge in [-0.25, -0.2) is 4.39 Å². The van der Waals surface area contributed by atoms with Gasteiger partial charge in [0.2, 0.25) is 5.43 Å². The first-order chi connectivity index (χ1) is 14.7. The summed E-state index contributed by atoms with van der Waals surface area (Å²) in [4.78, 5) is 17.4. The molecule has 1 aliphatic rings. The van der Waals surface area contributed by atoms with E-state index in [2.05, 4.69) is 9.80 Å². The second-order valence-electron chi connectivity index (χ2n) is 7.37. The van der Waals surface area contributed by atoms with Crippen LogP contribution < -0.4 is 10.2 Å². The fraction of sp³-hybridized carbons (Fsp3) is 0.348. The quantitative estimate of drug-likeness (QED) is 0.644. The number of aliphatic hydroxyl groups is 1. The molecule has 0 saturated carbocycles. The molecule has 2 heterocycles. The highest BCUT2D eigenvalue weighted by atomic mass is 19.1. The molecule has 0 atom stereocenters. The van der Waals surface area contributed by atoms with E-state index in [4.69, 9.17) is 14.3 Å². The third kappa shape index (κ3) is 4.53. The maximum atomic E-state index is 14.1. The lowest BCUT2D eigenvalue weighted by Gasteiger charge is -2.34. The summed E-state index contributed by atoms with van der Waals surface area (Å²) in [5.41, 5.74) is 0.575. The molecule has 1 N–H and O–H groups in total. The van der Waals surface area contributed by atoms with Gasteiger partial charge in [-0.05, 0) is 18.2 Å². The van der Waals surface area contributed by atoms with Gasteiger partial charge in [0, 0.05) is 50.9 Å². The van der Waals surface area contributed by atoms with Gasteiger partial charge < -0.3 is 14.3 Å². The molecule has 1 fully saturated rings. The van der Waals surface area contributed by atoms with Gasteiger partial charge in [-0.15, -0.1) is 0 Å². The van der Waals surface area contributed by atoms with Crippen molar-refractivity contribution in [3.8, 4) is 16.9 Å². The molecule has 0 aliphatic carbocycles. The molecule has 0 bridgehead atoms. The van der Waals surface area contributed by atoms with E-state index in [0.717, 1.165) is 39.3 Å². The SMILES string of the molecule is O=c1c(-c2ccccc2F)coc2cc(OCCN3CCN(CCO)CC3)ccc12. The number of hydrogen-bond acceptors (Lipinski definition) is 6. The van der Waals surface area contributed by atoms with E-state index in [-0.39, 0.29) is 23.2 Å². The monoisotopic (exact) mass is 412 g/mol. The minimum absolute atomic E-state index is 0.197. The number of halogens is 1. The molecule has 158 valence electrons. The highest BCUT2D eigenvalue weighted by Crippen LogP contribution is 2.24. The van der Waals surface area contributed by atoms with E-state index in [0.29, 0.717) is 23.3 Å². The summed E-state index contributed by atoms with van der Waals surface area (Å²) in [5, 5.41) is 9.40. The zero-order valence-corrected chi connectivity index (χ0v) is 16.7. The molecule has 1 aliphatic heterocycles. The molecule has 3 aromatic rings. The van der Waals surface area contributed by atoms with Crippen LogP contribution in [0.5, 0.6) is 5.75 Å². The molecular formula is C23H25FN2O4. The van der Waals surface area contributed by atoms with Crippen LogP contribution in [0.4, 0.5) is 4.39 Å². The number of hydrogen-bond donors (Lipinski definition) is 1. The van der Waals surface area contributed by atoms with Gasteiger partial charge in [-0.1, -0.05) is 18.2 Å². The molecule has 6 nitrogen and oxygen atoms in total. The Bertz CT molecular complexity index is 1060. The first kappa shape index (κ1) is 20.5. The van der Waals surface area contributed by atoms with Crippen molar-refractivity contribution in [1.82, 2.24) is 9.80 Å². The highest BCUT2D eigenvalue weighted by Gasteiger charge is 2.16. The maximum Gasteiger partial charge on any atom is 0.200 e. The molecule has 0 unspecified atom stereocenters. The number of nitrogens with zero attached hydrogens (tertiary/aromatic N) is 2. The Morgan fingerprint density at radius 1 is 1.00 bits per heavy atom. The zero-order chi connectivity index (χ0) is 20.9. The van der Waals surface area contributed by atoms with Gasteiger partial charge in [-0.2, -0.15) is 0 Å². The van der Waals surface area contributed by atoms with Crippen molar-refractivity contribution in [3.63, 3.8) is 0 Å². The lowest BCUT2D eigenvalue weighted by molar-refractivity contribution is 0.102. The molecule has 30 heavy (non-hydrogen) atoms. The van der Waals surface area contributed by atoms with E-state index in [1.807, 2.05) is 0 Å². The van der Waals surface area contributed by atoms with Crippen LogP contribution in [0.3, 0.4) is 0 Å². The largest absolute Gasteiger partial charge is 0.492 e. The Hall–Kier alpha value is -2.74. The summed E-state index contributed by atoms with van der Waals surface area (Å²) in [6.45, 7) is 6.07. The molecule has 0 spiro atoms. The molecule has 0 amide bonds.